The summed E-state index contributed by atoms with van der Waals surface area (Å²) in [6.07, 6.45) is 0. The normalized spacial score (nSPS) is 9.71. The molecule has 0 saturated heterocycles. The molecule has 3 N–H and O–H groups in total. The lowest BCUT2D eigenvalue weighted by Gasteiger charge is -2.17. The van der Waals surface area contributed by atoms with Crippen LogP contribution in [0.2, 0.25) is 5.02 Å². The van der Waals surface area contributed by atoms with Crippen LogP contribution in [0.25, 0.3) is 0 Å². The van der Waals surface area contributed by atoms with Crippen molar-refractivity contribution >= 4 is 34.6 Å². The Hall–Kier alpha value is -0.840. The fraction of sp³-hybridized carbons (Fsp3) is 0.222. The van der Waals surface area contributed by atoms with Gasteiger partial charge in [0.2, 0.25) is 0 Å². The molecular weight excluding hydrogens is 218 g/mol. The molecule has 0 spiro atoms. The Balaban J connectivity index is 2.91. The Kier molecular flexibility index (Phi) is 3.69. The van der Waals surface area contributed by atoms with Gasteiger partial charge in [0.1, 0.15) is 0 Å². The van der Waals surface area contributed by atoms with Crippen LogP contribution in [-0.2, 0) is 0 Å². The Bertz CT molecular complexity index is 332. The zero-order valence-electron chi connectivity index (χ0n) is 8.04. The second kappa shape index (κ2) is 4.59. The molecule has 0 aromatic heterocycles. The number of nitrogens with zero attached hydrogens (tertiary/aromatic N) is 1. The maximum Gasteiger partial charge on any atom is 0.187 e. The molecule has 14 heavy (non-hydrogen) atoms. The minimum Gasteiger partial charge on any atom is -0.330 e. The second-order valence-electron chi connectivity index (χ2n) is 2.97. The summed E-state index contributed by atoms with van der Waals surface area (Å²) in [7, 11) is 1.67. The molecule has 0 aliphatic carbocycles. The van der Waals surface area contributed by atoms with Crippen molar-refractivity contribution in [2.24, 2.45) is 5.84 Å². The third kappa shape index (κ3) is 2.57. The number of aryl methyl sites for hydroxylation is 1. The van der Waals surface area contributed by atoms with E-state index in [9.17, 15) is 0 Å². The summed E-state index contributed by atoms with van der Waals surface area (Å²) in [5.41, 5.74) is 1.83. The van der Waals surface area contributed by atoms with Crippen LogP contribution in [0.15, 0.2) is 18.2 Å². The lowest BCUT2D eigenvalue weighted by atomic mass is 10.2. The highest BCUT2D eigenvalue weighted by atomic mass is 35.5. The number of halogens is 1. The third-order valence-electron chi connectivity index (χ3n) is 1.77. The van der Waals surface area contributed by atoms with Crippen LogP contribution >= 0.6 is 23.8 Å². The van der Waals surface area contributed by atoms with Crippen LogP contribution in [0.5, 0.6) is 0 Å². The minimum absolute atomic E-state index is 0.432. The average molecular weight is 230 g/mol. The van der Waals surface area contributed by atoms with Crippen LogP contribution in [0, 0.1) is 6.92 Å². The monoisotopic (exact) mass is 229 g/mol. The smallest absolute Gasteiger partial charge is 0.187 e. The van der Waals surface area contributed by atoms with Crippen LogP contribution in [0.1, 0.15) is 5.56 Å². The van der Waals surface area contributed by atoms with Crippen molar-refractivity contribution in [3.63, 3.8) is 0 Å². The first-order valence-electron chi connectivity index (χ1n) is 4.07. The Morgan fingerprint density at radius 1 is 1.57 bits per heavy atom. The van der Waals surface area contributed by atoms with E-state index in [1.165, 1.54) is 5.01 Å². The van der Waals surface area contributed by atoms with Gasteiger partial charge in [-0.3, -0.25) is 5.01 Å². The number of thiocarbonyl (C=S) groups is 1. The first-order chi connectivity index (χ1) is 6.52. The molecule has 0 heterocycles. The minimum atomic E-state index is 0.432. The molecule has 0 bridgehead atoms. The summed E-state index contributed by atoms with van der Waals surface area (Å²) in [6.45, 7) is 1.95. The molecule has 0 aliphatic rings. The van der Waals surface area contributed by atoms with Crippen LogP contribution < -0.4 is 11.2 Å². The fourth-order valence-electron chi connectivity index (χ4n) is 0.985. The maximum atomic E-state index is 6.00. The van der Waals surface area contributed by atoms with Gasteiger partial charge in [-0.1, -0.05) is 23.7 Å². The predicted molar refractivity (Wildman–Crippen MR) is 64.4 cm³/mol. The number of nitrogens with two attached hydrogens (primary N) is 1. The van der Waals surface area contributed by atoms with Crippen molar-refractivity contribution in [1.82, 2.24) is 5.01 Å². The van der Waals surface area contributed by atoms with Gasteiger partial charge >= 0.3 is 0 Å². The van der Waals surface area contributed by atoms with E-state index in [2.05, 4.69) is 5.32 Å². The van der Waals surface area contributed by atoms with E-state index >= 15 is 0 Å². The molecule has 0 aliphatic heterocycles. The molecule has 0 fully saturated rings. The largest absolute Gasteiger partial charge is 0.330 e. The number of hydrazine groups is 1. The summed E-state index contributed by atoms with van der Waals surface area (Å²) in [4.78, 5) is 0. The number of anilines is 1. The summed E-state index contributed by atoms with van der Waals surface area (Å²) in [5, 5.41) is 5.37. The molecule has 0 radical (unpaired) electrons. The number of hydrogen-bond acceptors (Lipinski definition) is 2. The number of benzene rings is 1. The van der Waals surface area contributed by atoms with E-state index in [4.69, 9.17) is 29.7 Å². The van der Waals surface area contributed by atoms with Crippen molar-refractivity contribution < 1.29 is 0 Å². The molecule has 1 aromatic carbocycles. The van der Waals surface area contributed by atoms with Gasteiger partial charge in [0.05, 0.1) is 10.7 Å². The SMILES string of the molecule is Cc1cccc(Cl)c1NC(=S)N(C)N. The zero-order chi connectivity index (χ0) is 10.7. The van der Waals surface area contributed by atoms with Crippen molar-refractivity contribution in [3.05, 3.63) is 28.8 Å². The number of hydrogen-bond donors (Lipinski definition) is 2. The van der Waals surface area contributed by atoms with E-state index in [-0.39, 0.29) is 0 Å². The third-order valence-corrected chi connectivity index (χ3v) is 2.48. The summed E-state index contributed by atoms with van der Waals surface area (Å²) in [5.74, 6) is 5.47. The van der Waals surface area contributed by atoms with Crippen molar-refractivity contribution in [2.45, 2.75) is 6.92 Å². The van der Waals surface area contributed by atoms with Crippen LogP contribution in [0.4, 0.5) is 5.69 Å². The zero-order valence-corrected chi connectivity index (χ0v) is 9.62. The molecule has 5 heteroatoms. The molecule has 3 nitrogen and oxygen atoms in total. The van der Waals surface area contributed by atoms with Crippen molar-refractivity contribution in [2.75, 3.05) is 12.4 Å². The van der Waals surface area contributed by atoms with Gasteiger partial charge < -0.3 is 5.32 Å². The quantitative estimate of drug-likeness (QED) is 0.440. The molecule has 0 atom stereocenters. The van der Waals surface area contributed by atoms with Crippen molar-refractivity contribution in [1.29, 1.82) is 0 Å². The molecule has 0 amide bonds. The van der Waals surface area contributed by atoms with E-state index in [0.29, 0.717) is 10.1 Å². The predicted octanol–water partition coefficient (Wildman–Crippen LogP) is 2.15. The van der Waals surface area contributed by atoms with Gasteiger partial charge in [-0.15, -0.1) is 0 Å². The standard InChI is InChI=1S/C9H12ClN3S/c1-6-4-3-5-7(10)8(6)12-9(14)13(2)11/h3-5H,11H2,1-2H3,(H,12,14). The maximum absolute atomic E-state index is 6.00. The second-order valence-corrected chi connectivity index (χ2v) is 3.77. The van der Waals surface area contributed by atoms with E-state index in [1.54, 1.807) is 13.1 Å². The summed E-state index contributed by atoms with van der Waals surface area (Å²) >= 11 is 11.0. The van der Waals surface area contributed by atoms with Crippen molar-refractivity contribution in [3.8, 4) is 0 Å². The lowest BCUT2D eigenvalue weighted by molar-refractivity contribution is 0.548. The lowest BCUT2D eigenvalue weighted by Crippen LogP contribution is -2.36. The van der Waals surface area contributed by atoms with Crippen LogP contribution in [0.3, 0.4) is 0 Å². The summed E-state index contributed by atoms with van der Waals surface area (Å²) < 4.78 is 0. The average Bonchev–Trinajstić information content (AvgIpc) is 2.11. The first-order valence-corrected chi connectivity index (χ1v) is 4.85. The Labute approximate surface area is 93.8 Å². The molecule has 1 rings (SSSR count). The summed E-state index contributed by atoms with van der Waals surface area (Å²) in [6, 6.07) is 5.64. The van der Waals surface area contributed by atoms with E-state index in [0.717, 1.165) is 11.3 Å². The van der Waals surface area contributed by atoms with Gasteiger partial charge in [-0.25, -0.2) is 5.84 Å². The Morgan fingerprint density at radius 3 is 2.71 bits per heavy atom. The van der Waals surface area contributed by atoms with Gasteiger partial charge in [0.25, 0.3) is 0 Å². The number of para-hydroxylation sites is 1. The Morgan fingerprint density at radius 2 is 2.21 bits per heavy atom. The topological polar surface area (TPSA) is 41.3 Å². The van der Waals surface area contributed by atoms with Gasteiger partial charge in [-0.05, 0) is 30.8 Å². The van der Waals surface area contributed by atoms with Gasteiger partial charge in [0, 0.05) is 7.05 Å². The number of rotatable bonds is 1. The van der Waals surface area contributed by atoms with E-state index < -0.39 is 0 Å². The fourth-order valence-corrected chi connectivity index (χ4v) is 1.36. The van der Waals surface area contributed by atoms with Gasteiger partial charge in [-0.2, -0.15) is 0 Å². The van der Waals surface area contributed by atoms with Crippen LogP contribution in [-0.4, -0.2) is 17.2 Å². The number of nitrogens with one attached hydrogen (secondary N) is 1. The molecule has 0 unspecified atom stereocenters. The highest BCUT2D eigenvalue weighted by Gasteiger charge is 2.06. The first kappa shape index (κ1) is 11.2. The van der Waals surface area contributed by atoms with E-state index in [1.807, 2.05) is 19.1 Å². The molecular formula is C9H12ClN3S. The van der Waals surface area contributed by atoms with Gasteiger partial charge in [0.15, 0.2) is 5.11 Å². The highest BCUT2D eigenvalue weighted by molar-refractivity contribution is 7.80. The molecule has 76 valence electrons. The molecule has 1 aromatic rings. The molecule has 0 saturated carbocycles. The highest BCUT2D eigenvalue weighted by Crippen LogP contribution is 2.25.